The number of urea groups is 1. The maximum Gasteiger partial charge on any atom is 0.326 e. The molecule has 1 atom stereocenters. The van der Waals surface area contributed by atoms with Crippen molar-refractivity contribution in [2.75, 3.05) is 13.1 Å². The lowest BCUT2D eigenvalue weighted by molar-refractivity contribution is -0.154. The lowest BCUT2D eigenvalue weighted by Gasteiger charge is -2.22. The number of nitrogens with zero attached hydrogens (tertiary/aromatic N) is 1. The number of rotatable bonds is 4. The zero-order chi connectivity index (χ0) is 15.3. The molecule has 0 aliphatic carbocycles. The fraction of sp³-hybridized carbons (Fsp3) is 0.769. The van der Waals surface area contributed by atoms with Gasteiger partial charge in [0.25, 0.3) is 0 Å². The van der Waals surface area contributed by atoms with E-state index in [1.807, 2.05) is 0 Å². The minimum absolute atomic E-state index is 0.0641. The Morgan fingerprint density at radius 2 is 2.00 bits per heavy atom. The summed E-state index contributed by atoms with van der Waals surface area (Å²) in [5.41, 5.74) is -0.551. The van der Waals surface area contributed by atoms with Crippen LogP contribution in [0.4, 0.5) is 4.79 Å². The third kappa shape index (κ3) is 5.07. The van der Waals surface area contributed by atoms with E-state index in [0.29, 0.717) is 19.4 Å². The topological polar surface area (TPSA) is 95.9 Å². The summed E-state index contributed by atoms with van der Waals surface area (Å²) in [7, 11) is 0. The second kappa shape index (κ2) is 6.58. The van der Waals surface area contributed by atoms with Crippen molar-refractivity contribution < 1.29 is 24.2 Å². The summed E-state index contributed by atoms with van der Waals surface area (Å²) in [6, 6.07) is -1.21. The first kappa shape index (κ1) is 16.3. The van der Waals surface area contributed by atoms with E-state index in [1.54, 1.807) is 20.8 Å². The molecule has 1 rings (SSSR count). The van der Waals surface area contributed by atoms with E-state index in [9.17, 15) is 14.4 Å². The molecule has 0 radical (unpaired) electrons. The Hall–Kier alpha value is -1.79. The lowest BCUT2D eigenvalue weighted by Crippen LogP contribution is -2.46. The molecule has 0 spiro atoms. The van der Waals surface area contributed by atoms with Gasteiger partial charge in [-0.25, -0.2) is 9.59 Å². The van der Waals surface area contributed by atoms with Crippen LogP contribution in [0.25, 0.3) is 0 Å². The Balaban J connectivity index is 2.33. The molecule has 0 aromatic heterocycles. The number of hydrogen-bond acceptors (Lipinski definition) is 4. The van der Waals surface area contributed by atoms with Gasteiger partial charge in [0.1, 0.15) is 11.6 Å². The van der Waals surface area contributed by atoms with Gasteiger partial charge < -0.3 is 20.1 Å². The second-order valence-electron chi connectivity index (χ2n) is 5.76. The number of amides is 2. The highest BCUT2D eigenvalue weighted by Crippen LogP contribution is 2.17. The maximum absolute atomic E-state index is 11.8. The molecule has 2 N–H and O–H groups in total. The van der Waals surface area contributed by atoms with E-state index < -0.39 is 29.6 Å². The fourth-order valence-electron chi connectivity index (χ4n) is 2.03. The van der Waals surface area contributed by atoms with Crippen LogP contribution in [-0.2, 0) is 14.3 Å². The summed E-state index contributed by atoms with van der Waals surface area (Å²) in [6.07, 6.45) is 1.21. The van der Waals surface area contributed by atoms with E-state index in [-0.39, 0.29) is 13.0 Å². The number of carboxylic acid groups (broad SMARTS) is 1. The molecule has 0 aromatic rings. The van der Waals surface area contributed by atoms with Gasteiger partial charge in [-0.2, -0.15) is 0 Å². The third-order valence-corrected chi connectivity index (χ3v) is 2.82. The van der Waals surface area contributed by atoms with E-state index in [1.165, 1.54) is 4.90 Å². The molecule has 7 heteroatoms. The number of esters is 1. The summed E-state index contributed by atoms with van der Waals surface area (Å²) >= 11 is 0. The summed E-state index contributed by atoms with van der Waals surface area (Å²) in [5, 5.41) is 11.5. The second-order valence-corrected chi connectivity index (χ2v) is 5.76. The van der Waals surface area contributed by atoms with Crippen LogP contribution in [0.15, 0.2) is 0 Å². The number of carbonyl (C=O) groups excluding carboxylic acids is 2. The van der Waals surface area contributed by atoms with Crippen LogP contribution >= 0.6 is 0 Å². The van der Waals surface area contributed by atoms with Crippen molar-refractivity contribution in [2.45, 2.75) is 51.7 Å². The molecule has 0 bridgehead atoms. The van der Waals surface area contributed by atoms with E-state index in [4.69, 9.17) is 9.84 Å². The summed E-state index contributed by atoms with van der Waals surface area (Å²) < 4.78 is 5.11. The fourth-order valence-corrected chi connectivity index (χ4v) is 2.03. The molecule has 7 nitrogen and oxygen atoms in total. The van der Waals surface area contributed by atoms with Crippen molar-refractivity contribution in [3.63, 3.8) is 0 Å². The van der Waals surface area contributed by atoms with Gasteiger partial charge in [-0.1, -0.05) is 0 Å². The van der Waals surface area contributed by atoms with Crippen molar-refractivity contribution in [3.05, 3.63) is 0 Å². The van der Waals surface area contributed by atoms with Gasteiger partial charge in [0, 0.05) is 13.1 Å². The predicted molar refractivity (Wildman–Crippen MR) is 71.2 cm³/mol. The lowest BCUT2D eigenvalue weighted by atomic mass is 10.2. The van der Waals surface area contributed by atoms with Gasteiger partial charge in [-0.3, -0.25) is 4.79 Å². The number of hydrogen-bond donors (Lipinski definition) is 2. The molecule has 1 fully saturated rings. The molecule has 1 heterocycles. The van der Waals surface area contributed by atoms with Gasteiger partial charge in [0.15, 0.2) is 0 Å². The zero-order valence-electron chi connectivity index (χ0n) is 12.1. The highest BCUT2D eigenvalue weighted by atomic mass is 16.6. The first-order chi connectivity index (χ1) is 9.20. The molecule has 1 saturated heterocycles. The molecule has 0 unspecified atom stereocenters. The van der Waals surface area contributed by atoms with Crippen molar-refractivity contribution >= 4 is 18.0 Å². The van der Waals surface area contributed by atoms with E-state index in [2.05, 4.69) is 5.32 Å². The monoisotopic (exact) mass is 286 g/mol. The van der Waals surface area contributed by atoms with Gasteiger partial charge in [-0.05, 0) is 33.6 Å². The number of ether oxygens (including phenoxy) is 1. The molecule has 0 saturated carbocycles. The highest BCUT2D eigenvalue weighted by molar-refractivity contribution is 5.83. The van der Waals surface area contributed by atoms with Crippen LogP contribution in [0.1, 0.15) is 40.0 Å². The number of carboxylic acids is 1. The first-order valence-electron chi connectivity index (χ1n) is 6.70. The molecular weight excluding hydrogens is 264 g/mol. The van der Waals surface area contributed by atoms with Crippen LogP contribution in [0.2, 0.25) is 0 Å². The van der Waals surface area contributed by atoms with Crippen LogP contribution in [-0.4, -0.2) is 52.7 Å². The van der Waals surface area contributed by atoms with Crippen LogP contribution < -0.4 is 5.32 Å². The number of nitrogens with one attached hydrogen (secondary N) is 1. The molecule has 114 valence electrons. The van der Waals surface area contributed by atoms with Crippen molar-refractivity contribution in [2.24, 2.45) is 0 Å². The first-order valence-corrected chi connectivity index (χ1v) is 6.70. The largest absolute Gasteiger partial charge is 0.480 e. The summed E-state index contributed by atoms with van der Waals surface area (Å²) in [5.74, 6) is -1.39. The Kier molecular flexibility index (Phi) is 5.35. The maximum atomic E-state index is 11.8. The van der Waals surface area contributed by atoms with Gasteiger partial charge >= 0.3 is 18.0 Å². The Morgan fingerprint density at radius 1 is 1.35 bits per heavy atom. The quantitative estimate of drug-likeness (QED) is 0.751. The highest BCUT2D eigenvalue weighted by Gasteiger charge is 2.33. The smallest absolute Gasteiger partial charge is 0.326 e. The van der Waals surface area contributed by atoms with Crippen molar-refractivity contribution in [1.29, 1.82) is 0 Å². The van der Waals surface area contributed by atoms with Crippen LogP contribution in [0.5, 0.6) is 0 Å². The van der Waals surface area contributed by atoms with E-state index in [0.717, 1.165) is 0 Å². The molecule has 2 amide bonds. The van der Waals surface area contributed by atoms with Crippen LogP contribution in [0, 0.1) is 0 Å². The molecule has 1 aliphatic heterocycles. The average Bonchev–Trinajstić information content (AvgIpc) is 2.74. The minimum Gasteiger partial charge on any atom is -0.480 e. The summed E-state index contributed by atoms with van der Waals surface area (Å²) in [6.45, 7) is 5.87. The zero-order valence-corrected chi connectivity index (χ0v) is 12.1. The molecular formula is C13H22N2O5. The van der Waals surface area contributed by atoms with Crippen LogP contribution in [0.3, 0.4) is 0 Å². The normalized spacial score (nSPS) is 18.8. The Bertz CT molecular complexity index is 389. The standard InChI is InChI=1S/C13H22N2O5/c1-13(2,3)20-10(16)6-7-14-12(19)15-8-4-5-9(15)11(17)18/h9H,4-8H2,1-3H3,(H,14,19)(H,17,18)/t9-/m0/s1. The SMILES string of the molecule is CC(C)(C)OC(=O)CCNC(=O)N1CCC[C@H]1C(=O)O. The minimum atomic E-state index is -0.996. The number of carbonyl (C=O) groups is 3. The van der Waals surface area contributed by atoms with Crippen molar-refractivity contribution in [1.82, 2.24) is 10.2 Å². The Morgan fingerprint density at radius 3 is 2.55 bits per heavy atom. The van der Waals surface area contributed by atoms with Gasteiger partial charge in [0.05, 0.1) is 6.42 Å². The Labute approximate surface area is 118 Å². The molecule has 1 aliphatic rings. The predicted octanol–water partition coefficient (Wildman–Crippen LogP) is 0.977. The van der Waals surface area contributed by atoms with E-state index >= 15 is 0 Å². The molecule has 0 aromatic carbocycles. The van der Waals surface area contributed by atoms with Gasteiger partial charge in [-0.15, -0.1) is 0 Å². The average molecular weight is 286 g/mol. The third-order valence-electron chi connectivity index (χ3n) is 2.82. The molecule has 20 heavy (non-hydrogen) atoms. The van der Waals surface area contributed by atoms with Crippen molar-refractivity contribution in [3.8, 4) is 0 Å². The summed E-state index contributed by atoms with van der Waals surface area (Å²) in [4.78, 5) is 35.5. The van der Waals surface area contributed by atoms with Gasteiger partial charge in [0.2, 0.25) is 0 Å². The number of aliphatic carboxylic acids is 1. The number of likely N-dealkylation sites (tertiary alicyclic amines) is 1.